The standard InChI is InChI=1S/C21H24OSe/c22-20(17-10-4-1-5-11-17)16-21(18-12-6-2-7-13-18)23-19-14-8-3-9-15-19/h1-2,4-7,10-13,19,21H,3,8-9,14-16H2/t21-/m1/s1. The molecule has 0 N–H and O–H groups in total. The summed E-state index contributed by atoms with van der Waals surface area (Å²) in [5.74, 6) is 0.289. The van der Waals surface area contributed by atoms with E-state index in [0.717, 1.165) is 10.4 Å². The van der Waals surface area contributed by atoms with Gasteiger partial charge >= 0.3 is 145 Å². The fourth-order valence-electron chi connectivity index (χ4n) is 3.26. The molecule has 120 valence electrons. The molecule has 0 bridgehead atoms. The minimum atomic E-state index is 0.289. The van der Waals surface area contributed by atoms with E-state index < -0.39 is 0 Å². The van der Waals surface area contributed by atoms with Crippen molar-refractivity contribution in [3.05, 3.63) is 71.8 Å². The summed E-state index contributed by atoms with van der Waals surface area (Å²) in [5.41, 5.74) is 2.20. The van der Waals surface area contributed by atoms with Crippen LogP contribution in [0.2, 0.25) is 4.82 Å². The molecule has 1 atom stereocenters. The van der Waals surface area contributed by atoms with Crippen LogP contribution >= 0.6 is 0 Å². The zero-order valence-electron chi connectivity index (χ0n) is 13.5. The summed E-state index contributed by atoms with van der Waals surface area (Å²) in [6.07, 6.45) is 7.53. The van der Waals surface area contributed by atoms with E-state index in [0.29, 0.717) is 26.2 Å². The maximum absolute atomic E-state index is 12.7. The number of Topliss-reactive ketones (excluding diaryl/α,β-unsaturated/α-hetero) is 1. The third kappa shape index (κ3) is 4.80. The van der Waals surface area contributed by atoms with Crippen molar-refractivity contribution in [3.63, 3.8) is 0 Å². The molecule has 0 aliphatic heterocycles. The van der Waals surface area contributed by atoms with Crippen molar-refractivity contribution in [3.8, 4) is 0 Å². The van der Waals surface area contributed by atoms with Crippen molar-refractivity contribution in [1.29, 1.82) is 0 Å². The number of benzene rings is 2. The number of carbonyl (C=O) groups is 1. The van der Waals surface area contributed by atoms with Gasteiger partial charge in [-0.3, -0.25) is 0 Å². The van der Waals surface area contributed by atoms with Gasteiger partial charge in [0.1, 0.15) is 0 Å². The first-order valence-electron chi connectivity index (χ1n) is 8.61. The summed E-state index contributed by atoms with van der Waals surface area (Å²) in [6, 6.07) is 20.4. The Labute approximate surface area is 145 Å². The Bertz CT molecular complexity index is 602. The van der Waals surface area contributed by atoms with Crippen molar-refractivity contribution < 1.29 is 4.79 Å². The average Bonchev–Trinajstić information content (AvgIpc) is 2.63. The fourth-order valence-corrected chi connectivity index (χ4v) is 6.68. The van der Waals surface area contributed by atoms with Crippen molar-refractivity contribution in [2.24, 2.45) is 0 Å². The summed E-state index contributed by atoms with van der Waals surface area (Å²) in [4.78, 5) is 13.9. The van der Waals surface area contributed by atoms with E-state index in [1.165, 1.54) is 37.7 Å². The Morgan fingerprint density at radius 1 is 0.913 bits per heavy atom. The molecule has 2 aromatic rings. The first kappa shape index (κ1) is 16.5. The normalized spacial score (nSPS) is 16.9. The maximum atomic E-state index is 12.7. The molecule has 2 aromatic carbocycles. The Hall–Kier alpha value is -1.37. The number of hydrogen-bond donors (Lipinski definition) is 0. The molecule has 1 aliphatic rings. The molecule has 0 saturated heterocycles. The molecule has 0 spiro atoms. The first-order chi connectivity index (χ1) is 11.3. The van der Waals surface area contributed by atoms with Crippen LogP contribution in [0.1, 0.15) is 59.3 Å². The molecule has 2 heteroatoms. The van der Waals surface area contributed by atoms with Crippen LogP contribution < -0.4 is 0 Å². The van der Waals surface area contributed by atoms with Crippen molar-refractivity contribution in [1.82, 2.24) is 0 Å². The van der Waals surface area contributed by atoms with E-state index in [9.17, 15) is 4.79 Å². The quantitative estimate of drug-likeness (QED) is 0.487. The Kier molecular flexibility index (Phi) is 6.07. The van der Waals surface area contributed by atoms with Crippen LogP contribution in [0.25, 0.3) is 0 Å². The third-order valence-electron chi connectivity index (χ3n) is 4.55. The number of carbonyl (C=O) groups excluding carboxylic acids is 1. The predicted molar refractivity (Wildman–Crippen MR) is 97.2 cm³/mol. The summed E-state index contributed by atoms with van der Waals surface area (Å²) in [6.45, 7) is 0. The Balaban J connectivity index is 1.73. The third-order valence-corrected chi connectivity index (χ3v) is 7.95. The summed E-state index contributed by atoms with van der Waals surface area (Å²) in [5, 5.41) is 0. The van der Waals surface area contributed by atoms with Crippen LogP contribution in [0.4, 0.5) is 0 Å². The van der Waals surface area contributed by atoms with Gasteiger partial charge in [0, 0.05) is 0 Å². The van der Waals surface area contributed by atoms with Gasteiger partial charge in [0.25, 0.3) is 0 Å². The Morgan fingerprint density at radius 3 is 2.17 bits per heavy atom. The Morgan fingerprint density at radius 2 is 1.52 bits per heavy atom. The van der Waals surface area contributed by atoms with Gasteiger partial charge < -0.3 is 0 Å². The van der Waals surface area contributed by atoms with Gasteiger partial charge in [-0.15, -0.1) is 0 Å². The summed E-state index contributed by atoms with van der Waals surface area (Å²) < 4.78 is 0. The van der Waals surface area contributed by atoms with Crippen LogP contribution in [0.5, 0.6) is 0 Å². The van der Waals surface area contributed by atoms with E-state index in [1.807, 2.05) is 30.3 Å². The molecule has 0 aromatic heterocycles. The molecular formula is C21H24OSe. The van der Waals surface area contributed by atoms with Crippen LogP contribution in [-0.2, 0) is 0 Å². The monoisotopic (exact) mass is 372 g/mol. The van der Waals surface area contributed by atoms with E-state index in [-0.39, 0.29) is 5.78 Å². The molecule has 0 unspecified atom stereocenters. The van der Waals surface area contributed by atoms with Crippen LogP contribution in [0, 0.1) is 0 Å². The molecule has 23 heavy (non-hydrogen) atoms. The van der Waals surface area contributed by atoms with Crippen LogP contribution in [0.3, 0.4) is 0 Å². The first-order valence-corrected chi connectivity index (χ1v) is 10.6. The number of hydrogen-bond acceptors (Lipinski definition) is 1. The van der Waals surface area contributed by atoms with Crippen LogP contribution in [-0.4, -0.2) is 20.7 Å². The van der Waals surface area contributed by atoms with Gasteiger partial charge in [-0.25, -0.2) is 0 Å². The molecule has 0 radical (unpaired) electrons. The zero-order valence-corrected chi connectivity index (χ0v) is 15.2. The summed E-state index contributed by atoms with van der Waals surface area (Å²) in [7, 11) is 0. The van der Waals surface area contributed by atoms with Gasteiger partial charge in [0.05, 0.1) is 0 Å². The molecule has 1 fully saturated rings. The molecule has 1 nitrogen and oxygen atoms in total. The van der Waals surface area contributed by atoms with Gasteiger partial charge in [-0.2, -0.15) is 0 Å². The van der Waals surface area contributed by atoms with Crippen molar-refractivity contribution >= 4 is 20.7 Å². The molecule has 1 aliphatic carbocycles. The van der Waals surface area contributed by atoms with Gasteiger partial charge in [-0.1, -0.05) is 0 Å². The predicted octanol–water partition coefficient (Wildman–Crippen LogP) is 5.46. The second kappa shape index (κ2) is 8.47. The van der Waals surface area contributed by atoms with E-state index >= 15 is 0 Å². The van der Waals surface area contributed by atoms with E-state index in [1.54, 1.807) is 0 Å². The second-order valence-electron chi connectivity index (χ2n) is 6.29. The van der Waals surface area contributed by atoms with Crippen molar-refractivity contribution in [2.75, 3.05) is 0 Å². The average molecular weight is 371 g/mol. The van der Waals surface area contributed by atoms with E-state index in [2.05, 4.69) is 30.3 Å². The SMILES string of the molecule is O=C(C[C@@H]([Se]C1CCCCC1)c1ccccc1)c1ccccc1. The molecule has 1 saturated carbocycles. The second-order valence-corrected chi connectivity index (χ2v) is 9.45. The topological polar surface area (TPSA) is 17.1 Å². The van der Waals surface area contributed by atoms with E-state index in [4.69, 9.17) is 0 Å². The molecule has 0 amide bonds. The number of ketones is 1. The molecular weight excluding hydrogens is 347 g/mol. The van der Waals surface area contributed by atoms with Gasteiger partial charge in [0.2, 0.25) is 0 Å². The van der Waals surface area contributed by atoms with Gasteiger partial charge in [0.15, 0.2) is 0 Å². The van der Waals surface area contributed by atoms with Crippen LogP contribution in [0.15, 0.2) is 60.7 Å². The molecule has 3 rings (SSSR count). The molecule has 0 heterocycles. The summed E-state index contributed by atoms with van der Waals surface area (Å²) >= 11 is 0.506. The van der Waals surface area contributed by atoms with Crippen molar-refractivity contribution in [2.45, 2.75) is 48.2 Å². The minimum absolute atomic E-state index is 0.289. The van der Waals surface area contributed by atoms with Gasteiger partial charge in [-0.05, 0) is 0 Å². The zero-order chi connectivity index (χ0) is 15.9. The number of rotatable bonds is 6. The fraction of sp³-hybridized carbons (Fsp3) is 0.381.